The number of anilines is 1. The number of aromatic amines is 1. The zero-order valence-corrected chi connectivity index (χ0v) is 13.5. The lowest BCUT2D eigenvalue weighted by molar-refractivity contribution is -0.121. The molecular weight excluding hydrogens is 294 g/mol. The van der Waals surface area contributed by atoms with Crippen molar-refractivity contribution in [3.8, 4) is 0 Å². The zero-order chi connectivity index (χ0) is 16.0. The number of hydrogen-bond acceptors (Lipinski definition) is 5. The summed E-state index contributed by atoms with van der Waals surface area (Å²) in [4.78, 5) is 17.2. The van der Waals surface area contributed by atoms with E-state index in [9.17, 15) is 4.79 Å². The third-order valence-electron chi connectivity index (χ3n) is 5.24. The molecule has 2 aliphatic rings. The highest BCUT2D eigenvalue weighted by Crippen LogP contribution is 2.35. The summed E-state index contributed by atoms with van der Waals surface area (Å²) in [5.41, 5.74) is -0.685. The molecule has 1 aliphatic heterocycles. The van der Waals surface area contributed by atoms with Crippen molar-refractivity contribution in [2.75, 3.05) is 5.32 Å². The average Bonchev–Trinajstić information content (AvgIpc) is 3.27. The molecule has 4 rings (SSSR count). The Balaban J connectivity index is 1.52. The van der Waals surface area contributed by atoms with Gasteiger partial charge in [0.05, 0.1) is 0 Å². The van der Waals surface area contributed by atoms with E-state index in [1.165, 1.54) is 12.8 Å². The quantitative estimate of drug-likeness (QED) is 0.897. The van der Waals surface area contributed by atoms with E-state index in [1.54, 1.807) is 0 Å². The van der Waals surface area contributed by atoms with Gasteiger partial charge in [0.1, 0.15) is 22.9 Å². The van der Waals surface area contributed by atoms with Gasteiger partial charge in [-0.1, -0.05) is 12.8 Å². The fourth-order valence-electron chi connectivity index (χ4n) is 3.67. The van der Waals surface area contributed by atoms with Crippen LogP contribution in [0.2, 0.25) is 0 Å². The zero-order valence-electron chi connectivity index (χ0n) is 13.5. The van der Waals surface area contributed by atoms with Crippen LogP contribution in [0, 0.1) is 6.92 Å². The molecule has 0 aromatic carbocycles. The molecule has 1 aliphatic carbocycles. The van der Waals surface area contributed by atoms with E-state index >= 15 is 0 Å². The van der Waals surface area contributed by atoms with Gasteiger partial charge in [0.25, 0.3) is 0 Å². The largest absolute Gasteiger partial charge is 0.314 e. The number of amides is 1. The van der Waals surface area contributed by atoms with E-state index in [2.05, 4.69) is 30.7 Å². The van der Waals surface area contributed by atoms with Gasteiger partial charge in [-0.3, -0.25) is 15.2 Å². The van der Waals surface area contributed by atoms with Crippen molar-refractivity contribution < 1.29 is 4.79 Å². The van der Waals surface area contributed by atoms with Crippen molar-refractivity contribution in [2.24, 2.45) is 0 Å². The Kier molecular flexibility index (Phi) is 3.21. The maximum Gasteiger partial charge on any atom is 0.248 e. The molecule has 3 heterocycles. The molecule has 0 spiro atoms. The Hall–Kier alpha value is -2.25. The fraction of sp³-hybridized carbons (Fsp3) is 0.667. The molecule has 1 saturated carbocycles. The Bertz CT molecular complexity index is 743. The fourth-order valence-corrected chi connectivity index (χ4v) is 3.67. The van der Waals surface area contributed by atoms with Gasteiger partial charge in [0.2, 0.25) is 11.9 Å². The van der Waals surface area contributed by atoms with Crippen molar-refractivity contribution >= 4 is 11.9 Å². The highest BCUT2D eigenvalue weighted by molar-refractivity contribution is 5.97. The number of aryl methyl sites for hydroxylation is 1. The van der Waals surface area contributed by atoms with Crippen LogP contribution >= 0.6 is 0 Å². The van der Waals surface area contributed by atoms with E-state index in [0.29, 0.717) is 18.3 Å². The molecule has 1 fully saturated rings. The normalized spacial score (nSPS) is 24.1. The summed E-state index contributed by atoms with van der Waals surface area (Å²) in [6.07, 6.45) is 5.47. The van der Waals surface area contributed by atoms with Crippen LogP contribution < -0.4 is 5.32 Å². The highest BCUT2D eigenvalue weighted by Gasteiger charge is 2.44. The average molecular weight is 315 g/mol. The number of fused-ring (bicyclic) bond motifs is 1. The second kappa shape index (κ2) is 5.14. The molecule has 1 unspecified atom stereocenters. The maximum absolute atomic E-state index is 12.8. The second-order valence-electron chi connectivity index (χ2n) is 6.78. The first kappa shape index (κ1) is 14.3. The van der Waals surface area contributed by atoms with Crippen LogP contribution in [0.15, 0.2) is 0 Å². The van der Waals surface area contributed by atoms with E-state index < -0.39 is 5.41 Å². The molecule has 2 aromatic heterocycles. The number of carbonyl (C=O) groups is 1. The van der Waals surface area contributed by atoms with Gasteiger partial charge in [-0.2, -0.15) is 4.98 Å². The third kappa shape index (κ3) is 2.24. The van der Waals surface area contributed by atoms with Crippen LogP contribution in [-0.2, 0) is 16.8 Å². The summed E-state index contributed by atoms with van der Waals surface area (Å²) in [5.74, 6) is 3.12. The molecule has 2 aromatic rings. The molecule has 2 N–H and O–H groups in total. The lowest BCUT2D eigenvalue weighted by Gasteiger charge is -2.19. The van der Waals surface area contributed by atoms with Crippen molar-refractivity contribution in [2.45, 2.75) is 63.8 Å². The Labute approximate surface area is 134 Å². The highest BCUT2D eigenvalue weighted by atomic mass is 16.2. The van der Waals surface area contributed by atoms with Gasteiger partial charge in [-0.15, -0.1) is 15.3 Å². The third-order valence-corrected chi connectivity index (χ3v) is 5.24. The number of hydrogen-bond donors (Lipinski definition) is 2. The van der Waals surface area contributed by atoms with E-state index in [4.69, 9.17) is 0 Å². The van der Waals surface area contributed by atoms with Crippen LogP contribution in [0.25, 0.3) is 0 Å². The van der Waals surface area contributed by atoms with Crippen LogP contribution in [0.4, 0.5) is 5.95 Å². The van der Waals surface area contributed by atoms with Gasteiger partial charge >= 0.3 is 0 Å². The first-order valence-electron chi connectivity index (χ1n) is 8.22. The van der Waals surface area contributed by atoms with Crippen LogP contribution in [-0.4, -0.2) is 35.9 Å². The van der Waals surface area contributed by atoms with Crippen LogP contribution in [0.1, 0.15) is 62.4 Å². The SMILES string of the molecule is Cc1nnc2n1CCC2(C)C(=O)Nc1n[nH]c(C2CCCC2)n1. The van der Waals surface area contributed by atoms with Gasteiger partial charge in [0, 0.05) is 12.5 Å². The summed E-state index contributed by atoms with van der Waals surface area (Å²) < 4.78 is 2.00. The molecule has 1 amide bonds. The Morgan fingerprint density at radius 1 is 1.35 bits per heavy atom. The molecule has 0 saturated heterocycles. The number of H-pyrrole nitrogens is 1. The molecule has 0 bridgehead atoms. The van der Waals surface area contributed by atoms with E-state index in [0.717, 1.165) is 36.9 Å². The summed E-state index contributed by atoms with van der Waals surface area (Å²) >= 11 is 0. The minimum Gasteiger partial charge on any atom is -0.314 e. The number of carbonyl (C=O) groups excluding carboxylic acids is 1. The van der Waals surface area contributed by atoms with E-state index in [1.807, 2.05) is 18.4 Å². The molecular formula is C15H21N7O. The summed E-state index contributed by atoms with van der Waals surface area (Å²) in [5, 5.41) is 18.2. The van der Waals surface area contributed by atoms with Crippen molar-refractivity contribution in [1.82, 2.24) is 29.9 Å². The topological polar surface area (TPSA) is 101 Å². The molecule has 1 atom stereocenters. The summed E-state index contributed by atoms with van der Waals surface area (Å²) in [6, 6.07) is 0. The molecule has 0 radical (unpaired) electrons. The minimum absolute atomic E-state index is 0.124. The van der Waals surface area contributed by atoms with Gasteiger partial charge in [-0.05, 0) is 33.1 Å². The van der Waals surface area contributed by atoms with Crippen LogP contribution in [0.3, 0.4) is 0 Å². The van der Waals surface area contributed by atoms with Crippen molar-refractivity contribution in [3.63, 3.8) is 0 Å². The monoisotopic (exact) mass is 315 g/mol. The minimum atomic E-state index is -0.685. The lowest BCUT2D eigenvalue weighted by atomic mass is 9.87. The van der Waals surface area contributed by atoms with Crippen molar-refractivity contribution in [1.29, 1.82) is 0 Å². The predicted octanol–water partition coefficient (Wildman–Crippen LogP) is 1.66. The number of rotatable bonds is 3. The van der Waals surface area contributed by atoms with Gasteiger partial charge in [-0.25, -0.2) is 0 Å². The second-order valence-corrected chi connectivity index (χ2v) is 6.78. The summed E-state index contributed by atoms with van der Waals surface area (Å²) in [6.45, 7) is 4.57. The number of nitrogens with zero attached hydrogens (tertiary/aromatic N) is 5. The smallest absolute Gasteiger partial charge is 0.248 e. The number of nitrogens with one attached hydrogen (secondary N) is 2. The lowest BCUT2D eigenvalue weighted by Crippen LogP contribution is -2.36. The number of aromatic nitrogens is 6. The predicted molar refractivity (Wildman–Crippen MR) is 82.9 cm³/mol. The molecule has 8 nitrogen and oxygen atoms in total. The molecule has 8 heteroatoms. The standard InChI is InChI=1S/C15H21N7O/c1-9-18-20-12-15(2,7-8-22(9)12)13(23)17-14-16-11(19-21-14)10-5-3-4-6-10/h10H,3-8H2,1-2H3,(H2,16,17,19,21,23). The summed E-state index contributed by atoms with van der Waals surface area (Å²) in [7, 11) is 0. The van der Waals surface area contributed by atoms with E-state index in [-0.39, 0.29) is 5.91 Å². The van der Waals surface area contributed by atoms with Crippen LogP contribution in [0.5, 0.6) is 0 Å². The molecule has 122 valence electrons. The first-order valence-corrected chi connectivity index (χ1v) is 8.22. The Morgan fingerprint density at radius 2 is 2.13 bits per heavy atom. The van der Waals surface area contributed by atoms with Gasteiger partial charge in [0.15, 0.2) is 0 Å². The molecule has 23 heavy (non-hydrogen) atoms. The van der Waals surface area contributed by atoms with Gasteiger partial charge < -0.3 is 4.57 Å². The van der Waals surface area contributed by atoms with Crippen molar-refractivity contribution in [3.05, 3.63) is 17.5 Å². The Morgan fingerprint density at radius 3 is 2.91 bits per heavy atom. The first-order chi connectivity index (χ1) is 11.1. The maximum atomic E-state index is 12.8.